The molecule has 5 heteroatoms. The smallest absolute Gasteiger partial charge is 0.269 e. The number of rotatable bonds is 8. The van der Waals surface area contributed by atoms with Gasteiger partial charge < -0.3 is 15.4 Å². The summed E-state index contributed by atoms with van der Waals surface area (Å²) in [6, 6.07) is 19.6. The van der Waals surface area contributed by atoms with E-state index in [9.17, 15) is 4.79 Å². The Morgan fingerprint density at radius 3 is 2.57 bits per heavy atom. The molecule has 0 aliphatic heterocycles. The summed E-state index contributed by atoms with van der Waals surface area (Å²) in [4.78, 5) is 16.7. The largest absolute Gasteiger partial charge is 0.496 e. The van der Waals surface area contributed by atoms with Crippen LogP contribution in [0.5, 0.6) is 5.75 Å². The van der Waals surface area contributed by atoms with Gasteiger partial charge in [-0.2, -0.15) is 0 Å². The summed E-state index contributed by atoms with van der Waals surface area (Å²) in [5, 5.41) is 6.31. The van der Waals surface area contributed by atoms with E-state index in [1.165, 1.54) is 5.56 Å². The number of carbonyl (C=O) groups is 1. The second-order valence-electron chi connectivity index (χ2n) is 6.38. The van der Waals surface area contributed by atoms with Gasteiger partial charge in [-0.15, -0.1) is 0 Å². The van der Waals surface area contributed by atoms with Crippen LogP contribution in [-0.4, -0.2) is 24.5 Å². The highest BCUT2D eigenvalue weighted by atomic mass is 16.5. The topological polar surface area (TPSA) is 63.2 Å². The molecule has 0 radical (unpaired) electrons. The summed E-state index contributed by atoms with van der Waals surface area (Å²) in [5.74, 6) is 0.637. The average molecular weight is 375 g/mol. The van der Waals surface area contributed by atoms with Gasteiger partial charge in [-0.05, 0) is 48.2 Å². The molecule has 5 nitrogen and oxygen atoms in total. The highest BCUT2D eigenvalue weighted by Gasteiger charge is 2.09. The maximum absolute atomic E-state index is 12.5. The molecule has 0 atom stereocenters. The zero-order chi connectivity index (χ0) is 19.8. The number of nitrogens with one attached hydrogen (secondary N) is 2. The minimum Gasteiger partial charge on any atom is -0.496 e. The molecule has 0 bridgehead atoms. The van der Waals surface area contributed by atoms with Gasteiger partial charge in [0.25, 0.3) is 5.91 Å². The lowest BCUT2D eigenvalue weighted by Gasteiger charge is -2.12. The maximum Gasteiger partial charge on any atom is 0.269 e. The van der Waals surface area contributed by atoms with E-state index in [4.69, 9.17) is 4.74 Å². The number of carbonyl (C=O) groups excluding carboxylic acids is 1. The fraction of sp³-hybridized carbons (Fsp3) is 0.217. The molecule has 0 saturated carbocycles. The van der Waals surface area contributed by atoms with Crippen molar-refractivity contribution >= 4 is 17.3 Å². The van der Waals surface area contributed by atoms with Crippen LogP contribution < -0.4 is 15.4 Å². The number of aryl methyl sites for hydroxylation is 1. The normalized spacial score (nSPS) is 10.4. The molecule has 0 aliphatic carbocycles. The van der Waals surface area contributed by atoms with Crippen molar-refractivity contribution < 1.29 is 9.53 Å². The first-order valence-electron chi connectivity index (χ1n) is 9.42. The molecule has 1 aromatic heterocycles. The van der Waals surface area contributed by atoms with E-state index in [0.29, 0.717) is 18.7 Å². The second-order valence-corrected chi connectivity index (χ2v) is 6.38. The van der Waals surface area contributed by atoms with E-state index in [0.717, 1.165) is 29.1 Å². The van der Waals surface area contributed by atoms with E-state index in [1.807, 2.05) is 48.5 Å². The molecule has 28 heavy (non-hydrogen) atoms. The monoisotopic (exact) mass is 375 g/mol. The number of methoxy groups -OCH3 is 1. The predicted octanol–water partition coefficient (Wildman–Crippen LogP) is 4.37. The van der Waals surface area contributed by atoms with Gasteiger partial charge in [0.05, 0.1) is 7.11 Å². The van der Waals surface area contributed by atoms with Crippen molar-refractivity contribution in [2.45, 2.75) is 19.8 Å². The number of pyridine rings is 1. The SMILES string of the molecule is CCc1ccccc1Nc1ccnc(C(=O)NCCc2ccccc2OC)c1. The number of para-hydroxylation sites is 2. The van der Waals surface area contributed by atoms with Gasteiger partial charge in [-0.25, -0.2) is 0 Å². The molecule has 144 valence electrons. The number of ether oxygens (including phenoxy) is 1. The van der Waals surface area contributed by atoms with Crippen LogP contribution in [0.2, 0.25) is 0 Å². The number of nitrogens with zero attached hydrogens (tertiary/aromatic N) is 1. The number of anilines is 2. The lowest BCUT2D eigenvalue weighted by atomic mass is 10.1. The zero-order valence-electron chi connectivity index (χ0n) is 16.2. The molecule has 0 spiro atoms. The summed E-state index contributed by atoms with van der Waals surface area (Å²) in [6.45, 7) is 2.63. The van der Waals surface area contributed by atoms with Crippen LogP contribution in [0.4, 0.5) is 11.4 Å². The van der Waals surface area contributed by atoms with Crippen LogP contribution in [-0.2, 0) is 12.8 Å². The van der Waals surface area contributed by atoms with Crippen molar-refractivity contribution in [1.29, 1.82) is 0 Å². The fourth-order valence-corrected chi connectivity index (χ4v) is 3.05. The van der Waals surface area contributed by atoms with Crippen LogP contribution in [0.25, 0.3) is 0 Å². The third-order valence-corrected chi connectivity index (χ3v) is 4.54. The number of amides is 1. The van der Waals surface area contributed by atoms with Crippen molar-refractivity contribution in [3.8, 4) is 5.75 Å². The van der Waals surface area contributed by atoms with E-state index < -0.39 is 0 Å². The number of benzene rings is 2. The minimum absolute atomic E-state index is 0.192. The van der Waals surface area contributed by atoms with Gasteiger partial charge in [0.2, 0.25) is 0 Å². The van der Waals surface area contributed by atoms with Gasteiger partial charge in [-0.3, -0.25) is 9.78 Å². The van der Waals surface area contributed by atoms with E-state index in [2.05, 4.69) is 28.6 Å². The first-order chi connectivity index (χ1) is 13.7. The summed E-state index contributed by atoms with van der Waals surface area (Å²) in [5.41, 5.74) is 4.55. The standard InChI is InChI=1S/C23H25N3O2/c1-3-17-8-4-6-10-20(17)26-19-13-15-24-21(16-19)23(27)25-14-12-18-9-5-7-11-22(18)28-2/h4-11,13,15-16H,3,12,14H2,1-2H3,(H,24,26)(H,25,27). The first-order valence-corrected chi connectivity index (χ1v) is 9.42. The molecule has 3 aromatic rings. The van der Waals surface area contributed by atoms with E-state index in [-0.39, 0.29) is 5.91 Å². The lowest BCUT2D eigenvalue weighted by molar-refractivity contribution is 0.0949. The molecule has 0 fully saturated rings. The average Bonchev–Trinajstić information content (AvgIpc) is 2.74. The Bertz CT molecular complexity index is 940. The van der Waals surface area contributed by atoms with Crippen molar-refractivity contribution in [2.75, 3.05) is 19.0 Å². The molecule has 1 heterocycles. The van der Waals surface area contributed by atoms with E-state index in [1.54, 1.807) is 19.4 Å². The quantitative estimate of drug-likeness (QED) is 0.614. The highest BCUT2D eigenvalue weighted by Crippen LogP contribution is 2.21. The van der Waals surface area contributed by atoms with Crippen LogP contribution in [0.3, 0.4) is 0 Å². The Morgan fingerprint density at radius 1 is 1.04 bits per heavy atom. The third kappa shape index (κ3) is 4.88. The zero-order valence-corrected chi connectivity index (χ0v) is 16.2. The molecular formula is C23H25N3O2. The van der Waals surface area contributed by atoms with Crippen molar-refractivity contribution in [3.63, 3.8) is 0 Å². The number of aromatic nitrogens is 1. The van der Waals surface area contributed by atoms with Crippen LogP contribution in [0, 0.1) is 0 Å². The summed E-state index contributed by atoms with van der Waals surface area (Å²) >= 11 is 0. The molecule has 1 amide bonds. The van der Waals surface area contributed by atoms with Gasteiger partial charge in [-0.1, -0.05) is 43.3 Å². The van der Waals surface area contributed by atoms with Crippen LogP contribution in [0.1, 0.15) is 28.5 Å². The third-order valence-electron chi connectivity index (χ3n) is 4.54. The summed E-state index contributed by atoms with van der Waals surface area (Å²) in [6.07, 6.45) is 3.27. The summed E-state index contributed by atoms with van der Waals surface area (Å²) in [7, 11) is 1.65. The molecule has 2 aromatic carbocycles. The minimum atomic E-state index is -0.192. The van der Waals surface area contributed by atoms with Gasteiger partial charge >= 0.3 is 0 Å². The fourth-order valence-electron chi connectivity index (χ4n) is 3.05. The van der Waals surface area contributed by atoms with Crippen molar-refractivity contribution in [2.24, 2.45) is 0 Å². The van der Waals surface area contributed by atoms with Crippen molar-refractivity contribution in [3.05, 3.63) is 83.7 Å². The number of hydrogen-bond acceptors (Lipinski definition) is 4. The Morgan fingerprint density at radius 2 is 1.79 bits per heavy atom. The van der Waals surface area contributed by atoms with Crippen molar-refractivity contribution in [1.82, 2.24) is 10.3 Å². The molecule has 0 aliphatic rings. The van der Waals surface area contributed by atoms with Gasteiger partial charge in [0.1, 0.15) is 11.4 Å². The molecule has 0 saturated heterocycles. The Labute approximate surface area is 165 Å². The van der Waals surface area contributed by atoms with Gasteiger partial charge in [0.15, 0.2) is 0 Å². The van der Waals surface area contributed by atoms with Crippen LogP contribution in [0.15, 0.2) is 66.9 Å². The molecule has 3 rings (SSSR count). The molecule has 0 unspecified atom stereocenters. The number of hydrogen-bond donors (Lipinski definition) is 2. The maximum atomic E-state index is 12.5. The highest BCUT2D eigenvalue weighted by molar-refractivity contribution is 5.93. The Hall–Kier alpha value is -3.34. The summed E-state index contributed by atoms with van der Waals surface area (Å²) < 4.78 is 5.35. The van der Waals surface area contributed by atoms with E-state index >= 15 is 0 Å². The van der Waals surface area contributed by atoms with Crippen LogP contribution >= 0.6 is 0 Å². The first kappa shape index (κ1) is 19.4. The molecular weight excluding hydrogens is 350 g/mol. The Kier molecular flexibility index (Phi) is 6.63. The Balaban J connectivity index is 1.62. The van der Waals surface area contributed by atoms with Gasteiger partial charge in [0, 0.05) is 24.1 Å². The second kappa shape index (κ2) is 9.55. The molecule has 2 N–H and O–H groups in total. The predicted molar refractivity (Wildman–Crippen MR) is 112 cm³/mol. The lowest BCUT2D eigenvalue weighted by Crippen LogP contribution is -2.26.